The van der Waals surface area contributed by atoms with Gasteiger partial charge in [-0.3, -0.25) is 4.79 Å². The molecule has 0 fully saturated rings. The maximum Gasteiger partial charge on any atom is 0.186 e. The van der Waals surface area contributed by atoms with E-state index in [9.17, 15) is 14.7 Å². The molecule has 0 atom stereocenters. The number of carbonyl (C=O) groups is 2. The predicted octanol–water partition coefficient (Wildman–Crippen LogP) is 2.25. The van der Waals surface area contributed by atoms with E-state index in [0.717, 1.165) is 11.1 Å². The first kappa shape index (κ1) is 13.7. The molecule has 2 aromatic carbocycles. The summed E-state index contributed by atoms with van der Waals surface area (Å²) in [6.45, 7) is 1.88. The number of carboxylic acids is 1. The number of benzene rings is 2. The number of allylic oxidation sites excluding steroid dienone is 1. The molecular weight excluding hydrogens is 252 g/mol. The van der Waals surface area contributed by atoms with Crippen LogP contribution in [0.3, 0.4) is 0 Å². The molecule has 0 unspecified atom stereocenters. The zero-order chi connectivity index (χ0) is 14.5. The van der Waals surface area contributed by atoms with Crippen LogP contribution in [0, 0.1) is 6.92 Å². The second kappa shape index (κ2) is 5.97. The first-order valence-electron chi connectivity index (χ1n) is 6.17. The Balaban J connectivity index is 2.15. The van der Waals surface area contributed by atoms with E-state index in [0.29, 0.717) is 5.56 Å². The molecule has 100 valence electrons. The minimum absolute atomic E-state index is 0.0768. The molecule has 0 N–H and O–H groups in total. The Morgan fingerprint density at radius 1 is 1.00 bits per heavy atom. The fraction of sp³-hybridized carbons (Fsp3) is 0.0588. The fourth-order valence-electron chi connectivity index (χ4n) is 1.84. The standard InChI is InChI=1S/C17H14O3/c1-12-4-2-3-5-15(12)16(18)11-8-13-6-9-14(10-7-13)17(19)20/h2-11H,1H3,(H,19,20)/p-1/b11-8+. The van der Waals surface area contributed by atoms with Crippen molar-refractivity contribution in [3.8, 4) is 0 Å². The molecule has 0 radical (unpaired) electrons. The van der Waals surface area contributed by atoms with Crippen LogP contribution in [-0.4, -0.2) is 11.8 Å². The van der Waals surface area contributed by atoms with E-state index in [1.165, 1.54) is 18.2 Å². The lowest BCUT2D eigenvalue weighted by Gasteiger charge is -2.02. The van der Waals surface area contributed by atoms with Crippen molar-refractivity contribution in [3.63, 3.8) is 0 Å². The number of hydrogen-bond donors (Lipinski definition) is 0. The highest BCUT2D eigenvalue weighted by molar-refractivity contribution is 6.07. The molecule has 0 aliphatic heterocycles. The van der Waals surface area contributed by atoms with E-state index < -0.39 is 5.97 Å². The maximum atomic E-state index is 12.0. The Morgan fingerprint density at radius 3 is 2.25 bits per heavy atom. The predicted molar refractivity (Wildman–Crippen MR) is 75.3 cm³/mol. The van der Waals surface area contributed by atoms with Crippen molar-refractivity contribution in [1.29, 1.82) is 0 Å². The topological polar surface area (TPSA) is 57.2 Å². The van der Waals surface area contributed by atoms with Crippen molar-refractivity contribution in [2.45, 2.75) is 6.92 Å². The van der Waals surface area contributed by atoms with Gasteiger partial charge in [0.25, 0.3) is 0 Å². The Kier molecular flexibility index (Phi) is 4.11. The van der Waals surface area contributed by atoms with Crippen LogP contribution in [-0.2, 0) is 0 Å². The van der Waals surface area contributed by atoms with Gasteiger partial charge in [-0.1, -0.05) is 54.6 Å². The number of aromatic carboxylic acids is 1. The van der Waals surface area contributed by atoms with E-state index >= 15 is 0 Å². The lowest BCUT2D eigenvalue weighted by Crippen LogP contribution is -2.21. The summed E-state index contributed by atoms with van der Waals surface area (Å²) in [7, 11) is 0. The molecule has 0 heterocycles. The number of hydrogen-bond acceptors (Lipinski definition) is 3. The van der Waals surface area contributed by atoms with E-state index in [-0.39, 0.29) is 11.3 Å². The molecule has 0 amide bonds. The summed E-state index contributed by atoms with van der Waals surface area (Å²) < 4.78 is 0. The minimum atomic E-state index is -1.21. The summed E-state index contributed by atoms with van der Waals surface area (Å²) in [6, 6.07) is 13.5. The summed E-state index contributed by atoms with van der Waals surface area (Å²) in [6.07, 6.45) is 3.14. The van der Waals surface area contributed by atoms with Gasteiger partial charge >= 0.3 is 0 Å². The van der Waals surface area contributed by atoms with Crippen molar-refractivity contribution in [2.75, 3.05) is 0 Å². The maximum absolute atomic E-state index is 12.0. The molecule has 0 bridgehead atoms. The van der Waals surface area contributed by atoms with E-state index in [1.54, 1.807) is 24.3 Å². The van der Waals surface area contributed by atoms with Gasteiger partial charge in [0, 0.05) is 5.56 Å². The molecule has 0 saturated heterocycles. The Labute approximate surface area is 117 Å². The van der Waals surface area contributed by atoms with Crippen molar-refractivity contribution in [3.05, 3.63) is 76.9 Å². The molecule has 0 spiro atoms. The number of carboxylic acid groups (broad SMARTS) is 1. The van der Waals surface area contributed by atoms with Gasteiger partial charge in [0.2, 0.25) is 0 Å². The van der Waals surface area contributed by atoms with Gasteiger partial charge in [0.05, 0.1) is 5.97 Å². The Hall–Kier alpha value is -2.68. The molecule has 0 aromatic heterocycles. The summed E-state index contributed by atoms with van der Waals surface area (Å²) in [5.74, 6) is -1.29. The minimum Gasteiger partial charge on any atom is -0.545 e. The highest BCUT2D eigenvalue weighted by Crippen LogP contribution is 2.11. The Bertz CT molecular complexity index is 667. The van der Waals surface area contributed by atoms with Crippen LogP contribution >= 0.6 is 0 Å². The third kappa shape index (κ3) is 3.20. The molecule has 3 heteroatoms. The monoisotopic (exact) mass is 265 g/mol. The largest absolute Gasteiger partial charge is 0.545 e. The van der Waals surface area contributed by atoms with Crippen molar-refractivity contribution in [1.82, 2.24) is 0 Å². The first-order chi connectivity index (χ1) is 9.58. The van der Waals surface area contributed by atoms with Crippen molar-refractivity contribution >= 4 is 17.8 Å². The molecular formula is C17H13O3-. The van der Waals surface area contributed by atoms with Crippen molar-refractivity contribution in [2.24, 2.45) is 0 Å². The van der Waals surface area contributed by atoms with Crippen LogP contribution in [0.4, 0.5) is 0 Å². The van der Waals surface area contributed by atoms with Gasteiger partial charge < -0.3 is 9.90 Å². The molecule has 0 aliphatic rings. The number of ketones is 1. The van der Waals surface area contributed by atoms with Crippen LogP contribution in [0.15, 0.2) is 54.6 Å². The van der Waals surface area contributed by atoms with E-state index in [2.05, 4.69) is 0 Å². The van der Waals surface area contributed by atoms with E-state index in [4.69, 9.17) is 0 Å². The first-order valence-corrected chi connectivity index (χ1v) is 6.17. The van der Waals surface area contributed by atoms with Gasteiger partial charge in [0.15, 0.2) is 5.78 Å². The molecule has 20 heavy (non-hydrogen) atoms. The van der Waals surface area contributed by atoms with Gasteiger partial charge in [-0.2, -0.15) is 0 Å². The van der Waals surface area contributed by atoms with Gasteiger partial charge in [-0.05, 0) is 29.7 Å². The van der Waals surface area contributed by atoms with Gasteiger partial charge in [-0.25, -0.2) is 0 Å². The fourth-order valence-corrected chi connectivity index (χ4v) is 1.84. The lowest BCUT2D eigenvalue weighted by molar-refractivity contribution is -0.255. The molecule has 0 saturated carbocycles. The average Bonchev–Trinajstić information content (AvgIpc) is 2.45. The number of rotatable bonds is 4. The second-order valence-corrected chi connectivity index (χ2v) is 4.42. The zero-order valence-corrected chi connectivity index (χ0v) is 11.0. The second-order valence-electron chi connectivity index (χ2n) is 4.42. The summed E-state index contributed by atoms with van der Waals surface area (Å²) in [4.78, 5) is 22.6. The summed E-state index contributed by atoms with van der Waals surface area (Å²) in [5, 5.41) is 10.6. The SMILES string of the molecule is Cc1ccccc1C(=O)/C=C/c1ccc(C(=O)[O-])cc1. The highest BCUT2D eigenvalue weighted by atomic mass is 16.4. The van der Waals surface area contributed by atoms with Crippen molar-refractivity contribution < 1.29 is 14.7 Å². The smallest absolute Gasteiger partial charge is 0.186 e. The lowest BCUT2D eigenvalue weighted by atomic mass is 10.0. The average molecular weight is 265 g/mol. The molecule has 3 nitrogen and oxygen atoms in total. The number of aryl methyl sites for hydroxylation is 1. The quantitative estimate of drug-likeness (QED) is 0.629. The van der Waals surface area contributed by atoms with Gasteiger partial charge in [0.1, 0.15) is 0 Å². The van der Waals surface area contributed by atoms with Crippen LogP contribution in [0.2, 0.25) is 0 Å². The molecule has 0 aliphatic carbocycles. The van der Waals surface area contributed by atoms with Crippen LogP contribution in [0.1, 0.15) is 31.8 Å². The number of carbonyl (C=O) groups excluding carboxylic acids is 2. The summed E-state index contributed by atoms with van der Waals surface area (Å²) in [5.41, 5.74) is 2.47. The van der Waals surface area contributed by atoms with Crippen LogP contribution in [0.5, 0.6) is 0 Å². The van der Waals surface area contributed by atoms with Crippen LogP contribution in [0.25, 0.3) is 6.08 Å². The van der Waals surface area contributed by atoms with Crippen LogP contribution < -0.4 is 5.11 Å². The van der Waals surface area contributed by atoms with Gasteiger partial charge in [-0.15, -0.1) is 0 Å². The third-order valence-corrected chi connectivity index (χ3v) is 2.98. The zero-order valence-electron chi connectivity index (χ0n) is 11.0. The molecule has 2 rings (SSSR count). The molecule has 2 aromatic rings. The normalized spacial score (nSPS) is 10.7. The summed E-state index contributed by atoms with van der Waals surface area (Å²) >= 11 is 0. The van der Waals surface area contributed by atoms with E-state index in [1.807, 2.05) is 25.1 Å². The highest BCUT2D eigenvalue weighted by Gasteiger charge is 2.03. The Morgan fingerprint density at radius 2 is 1.65 bits per heavy atom. The third-order valence-electron chi connectivity index (χ3n) is 2.98.